The molecule has 3 heterocycles. The van der Waals surface area contributed by atoms with Crippen molar-refractivity contribution in [3.8, 4) is 0 Å². The SMILES string of the molecule is C[C@@]12CC[C@@H](O1)[C@H]1COC(=O)[C@]12C. The molecule has 72 valence electrons. The first-order valence-electron chi connectivity index (χ1n) is 4.93. The largest absolute Gasteiger partial charge is 0.465 e. The molecule has 3 aliphatic heterocycles. The van der Waals surface area contributed by atoms with Crippen LogP contribution in [0.2, 0.25) is 0 Å². The Morgan fingerprint density at radius 2 is 2.23 bits per heavy atom. The first-order chi connectivity index (χ1) is 6.08. The minimum absolute atomic E-state index is 0.0535. The minimum atomic E-state index is -0.365. The van der Waals surface area contributed by atoms with Gasteiger partial charge < -0.3 is 9.47 Å². The molecule has 4 atom stereocenters. The van der Waals surface area contributed by atoms with E-state index in [1.165, 1.54) is 0 Å². The molecule has 0 N–H and O–H groups in total. The number of hydrogen-bond donors (Lipinski definition) is 0. The summed E-state index contributed by atoms with van der Waals surface area (Å²) < 4.78 is 11.0. The maximum Gasteiger partial charge on any atom is 0.315 e. The van der Waals surface area contributed by atoms with Crippen LogP contribution in [-0.2, 0) is 14.3 Å². The third-order valence-corrected chi connectivity index (χ3v) is 4.42. The molecule has 0 radical (unpaired) electrons. The van der Waals surface area contributed by atoms with Gasteiger partial charge in [-0.1, -0.05) is 0 Å². The van der Waals surface area contributed by atoms with Crippen LogP contribution in [0.4, 0.5) is 0 Å². The molecule has 0 unspecified atom stereocenters. The highest BCUT2D eigenvalue weighted by atomic mass is 16.6. The van der Waals surface area contributed by atoms with Crippen LogP contribution in [0, 0.1) is 11.3 Å². The summed E-state index contributed by atoms with van der Waals surface area (Å²) in [6, 6.07) is 0. The van der Waals surface area contributed by atoms with E-state index in [4.69, 9.17) is 9.47 Å². The molecule has 0 aromatic carbocycles. The summed E-state index contributed by atoms with van der Waals surface area (Å²) in [7, 11) is 0. The monoisotopic (exact) mass is 182 g/mol. The molecule has 3 rings (SSSR count). The summed E-state index contributed by atoms with van der Waals surface area (Å²) in [6.07, 6.45) is 2.36. The molecule has 0 saturated carbocycles. The summed E-state index contributed by atoms with van der Waals surface area (Å²) in [4.78, 5) is 11.7. The molecule has 3 saturated heterocycles. The Morgan fingerprint density at radius 3 is 2.92 bits per heavy atom. The summed E-state index contributed by atoms with van der Waals surface area (Å²) in [6.45, 7) is 4.63. The average molecular weight is 182 g/mol. The van der Waals surface area contributed by atoms with Crippen LogP contribution in [0.5, 0.6) is 0 Å². The second-order valence-corrected chi connectivity index (χ2v) is 4.83. The quantitative estimate of drug-likeness (QED) is 0.526. The molecule has 3 aliphatic rings. The first-order valence-corrected chi connectivity index (χ1v) is 4.93. The van der Waals surface area contributed by atoms with Gasteiger partial charge in [0.2, 0.25) is 0 Å². The predicted octanol–water partition coefficient (Wildman–Crippen LogP) is 1.12. The zero-order valence-electron chi connectivity index (χ0n) is 8.00. The molecule has 0 aromatic rings. The number of esters is 1. The van der Waals surface area contributed by atoms with Crippen molar-refractivity contribution in [2.75, 3.05) is 6.61 Å². The van der Waals surface area contributed by atoms with Crippen molar-refractivity contribution in [3.63, 3.8) is 0 Å². The minimum Gasteiger partial charge on any atom is -0.465 e. The Hall–Kier alpha value is -0.570. The number of cyclic esters (lactones) is 1. The molecular formula is C10H14O3. The van der Waals surface area contributed by atoms with E-state index in [1.54, 1.807) is 0 Å². The second-order valence-electron chi connectivity index (χ2n) is 4.83. The molecule has 2 bridgehead atoms. The van der Waals surface area contributed by atoms with Gasteiger partial charge in [0, 0.05) is 5.92 Å². The van der Waals surface area contributed by atoms with Crippen molar-refractivity contribution >= 4 is 5.97 Å². The van der Waals surface area contributed by atoms with Crippen LogP contribution in [0.15, 0.2) is 0 Å². The topological polar surface area (TPSA) is 35.5 Å². The number of carbonyl (C=O) groups is 1. The van der Waals surface area contributed by atoms with Crippen molar-refractivity contribution in [1.29, 1.82) is 0 Å². The van der Waals surface area contributed by atoms with Crippen LogP contribution >= 0.6 is 0 Å². The molecule has 0 amide bonds. The average Bonchev–Trinajstić information content (AvgIpc) is 2.64. The molecule has 0 aliphatic carbocycles. The Balaban J connectivity index is 2.13. The molecule has 3 fully saturated rings. The highest BCUT2D eigenvalue weighted by Gasteiger charge is 2.71. The van der Waals surface area contributed by atoms with E-state index in [2.05, 4.69) is 6.92 Å². The fourth-order valence-corrected chi connectivity index (χ4v) is 3.26. The normalized spacial score (nSPS) is 58.2. The smallest absolute Gasteiger partial charge is 0.315 e. The van der Waals surface area contributed by atoms with Crippen LogP contribution in [0.25, 0.3) is 0 Å². The Bertz CT molecular complexity index is 288. The number of ether oxygens (including phenoxy) is 2. The van der Waals surface area contributed by atoms with E-state index in [-0.39, 0.29) is 23.1 Å². The lowest BCUT2D eigenvalue weighted by molar-refractivity contribution is -0.155. The first kappa shape index (κ1) is 7.80. The maximum absolute atomic E-state index is 11.7. The van der Waals surface area contributed by atoms with Crippen molar-refractivity contribution in [3.05, 3.63) is 0 Å². The molecule has 3 nitrogen and oxygen atoms in total. The highest BCUT2D eigenvalue weighted by molar-refractivity contribution is 5.81. The van der Waals surface area contributed by atoms with E-state index in [1.807, 2.05) is 6.92 Å². The number of carbonyl (C=O) groups excluding carboxylic acids is 1. The summed E-state index contributed by atoms with van der Waals surface area (Å²) >= 11 is 0. The summed E-state index contributed by atoms with van der Waals surface area (Å²) in [5.41, 5.74) is -0.619. The van der Waals surface area contributed by atoms with Gasteiger partial charge in [0.05, 0.1) is 18.3 Å². The van der Waals surface area contributed by atoms with Gasteiger partial charge in [0.15, 0.2) is 0 Å². The van der Waals surface area contributed by atoms with E-state index in [0.717, 1.165) is 12.8 Å². The van der Waals surface area contributed by atoms with Crippen LogP contribution in [0.3, 0.4) is 0 Å². The fraction of sp³-hybridized carbons (Fsp3) is 0.900. The number of rotatable bonds is 0. The van der Waals surface area contributed by atoms with E-state index in [0.29, 0.717) is 12.5 Å². The molecular weight excluding hydrogens is 168 g/mol. The van der Waals surface area contributed by atoms with Gasteiger partial charge >= 0.3 is 5.97 Å². The van der Waals surface area contributed by atoms with Crippen molar-refractivity contribution in [2.45, 2.75) is 38.4 Å². The summed E-state index contributed by atoms with van der Waals surface area (Å²) in [5.74, 6) is 0.251. The second kappa shape index (κ2) is 1.92. The third-order valence-electron chi connectivity index (χ3n) is 4.42. The zero-order chi connectivity index (χ0) is 9.27. The lowest BCUT2D eigenvalue weighted by Gasteiger charge is -2.35. The fourth-order valence-electron chi connectivity index (χ4n) is 3.26. The molecule has 13 heavy (non-hydrogen) atoms. The maximum atomic E-state index is 11.7. The van der Waals surface area contributed by atoms with Gasteiger partial charge in [-0.15, -0.1) is 0 Å². The highest BCUT2D eigenvalue weighted by Crippen LogP contribution is 2.61. The van der Waals surface area contributed by atoms with E-state index in [9.17, 15) is 4.79 Å². The van der Waals surface area contributed by atoms with Gasteiger partial charge in [-0.05, 0) is 26.7 Å². The Morgan fingerprint density at radius 1 is 1.46 bits per heavy atom. The van der Waals surface area contributed by atoms with Gasteiger partial charge in [-0.3, -0.25) is 4.79 Å². The Labute approximate surface area is 77.4 Å². The van der Waals surface area contributed by atoms with Crippen molar-refractivity contribution in [2.24, 2.45) is 11.3 Å². The van der Waals surface area contributed by atoms with Gasteiger partial charge in [0.25, 0.3) is 0 Å². The van der Waals surface area contributed by atoms with Crippen LogP contribution < -0.4 is 0 Å². The molecule has 3 heteroatoms. The Kier molecular flexibility index (Phi) is 1.15. The number of hydrogen-bond acceptors (Lipinski definition) is 3. The van der Waals surface area contributed by atoms with Crippen molar-refractivity contribution < 1.29 is 14.3 Å². The standard InChI is InChI=1S/C10H14O3/c1-9-4-3-7(13-9)6-5-12-8(11)10(6,9)2/h6-7H,3-5H2,1-2H3/t6-,7-,9+,10+/m1/s1. The van der Waals surface area contributed by atoms with E-state index >= 15 is 0 Å². The van der Waals surface area contributed by atoms with Gasteiger partial charge in [-0.2, -0.15) is 0 Å². The van der Waals surface area contributed by atoms with E-state index < -0.39 is 0 Å². The molecule has 0 spiro atoms. The lowest BCUT2D eigenvalue weighted by atomic mass is 9.63. The summed E-state index contributed by atoms with van der Waals surface area (Å²) in [5, 5.41) is 0. The molecule has 0 aromatic heterocycles. The lowest BCUT2D eigenvalue weighted by Crippen LogP contribution is -2.47. The van der Waals surface area contributed by atoms with Crippen molar-refractivity contribution in [1.82, 2.24) is 0 Å². The van der Waals surface area contributed by atoms with Gasteiger partial charge in [-0.25, -0.2) is 0 Å². The number of fused-ring (bicyclic) bond motifs is 5. The predicted molar refractivity (Wildman–Crippen MR) is 45.1 cm³/mol. The van der Waals surface area contributed by atoms with Crippen LogP contribution in [-0.4, -0.2) is 24.3 Å². The third kappa shape index (κ3) is 0.622. The van der Waals surface area contributed by atoms with Crippen LogP contribution in [0.1, 0.15) is 26.7 Å². The zero-order valence-corrected chi connectivity index (χ0v) is 8.00. The van der Waals surface area contributed by atoms with Gasteiger partial charge in [0.1, 0.15) is 5.41 Å².